The van der Waals surface area contributed by atoms with Crippen LogP contribution in [0.1, 0.15) is 43.4 Å². The predicted molar refractivity (Wildman–Crippen MR) is 96.9 cm³/mol. The average Bonchev–Trinajstić information content (AvgIpc) is 2.58. The summed E-state index contributed by atoms with van der Waals surface area (Å²) >= 11 is 0. The number of hydrogen-bond donors (Lipinski definition) is 2. The number of aliphatic hydroxyl groups excluding tert-OH is 1. The van der Waals surface area contributed by atoms with E-state index in [4.69, 9.17) is 10.5 Å². The van der Waals surface area contributed by atoms with Crippen molar-refractivity contribution in [1.82, 2.24) is 0 Å². The quantitative estimate of drug-likeness (QED) is 0.758. The topological polar surface area (TPSA) is 55.5 Å². The summed E-state index contributed by atoms with van der Waals surface area (Å²) in [4.78, 5) is 0. The van der Waals surface area contributed by atoms with Crippen molar-refractivity contribution in [2.45, 2.75) is 44.9 Å². The highest BCUT2D eigenvalue weighted by molar-refractivity contribution is 5.85. The first-order valence-electron chi connectivity index (χ1n) is 7.91. The van der Waals surface area contributed by atoms with Gasteiger partial charge in [-0.1, -0.05) is 68.3 Å². The van der Waals surface area contributed by atoms with Crippen molar-refractivity contribution < 1.29 is 9.84 Å². The van der Waals surface area contributed by atoms with Crippen LogP contribution in [-0.4, -0.2) is 11.2 Å². The number of halogens is 1. The Kier molecular flexibility index (Phi) is 8.70. The molecule has 3 nitrogen and oxygen atoms in total. The van der Waals surface area contributed by atoms with Gasteiger partial charge in [-0.25, -0.2) is 0 Å². The summed E-state index contributed by atoms with van der Waals surface area (Å²) in [5.74, 6) is 0.745. The highest BCUT2D eigenvalue weighted by Crippen LogP contribution is 2.28. The molecule has 0 spiro atoms. The van der Waals surface area contributed by atoms with Crippen molar-refractivity contribution >= 4 is 12.4 Å². The van der Waals surface area contributed by atoms with E-state index in [0.29, 0.717) is 13.0 Å². The third-order valence-electron chi connectivity index (χ3n) is 3.78. The zero-order valence-electron chi connectivity index (χ0n) is 13.5. The molecule has 2 atom stereocenters. The van der Waals surface area contributed by atoms with Crippen LogP contribution in [0.4, 0.5) is 0 Å². The Labute approximate surface area is 144 Å². The zero-order chi connectivity index (χ0) is 15.8. The molecule has 0 saturated carbocycles. The second-order valence-corrected chi connectivity index (χ2v) is 5.55. The number of hydrogen-bond acceptors (Lipinski definition) is 3. The molecular weight excluding hydrogens is 310 g/mol. The molecule has 0 bridgehead atoms. The van der Waals surface area contributed by atoms with Gasteiger partial charge < -0.3 is 15.6 Å². The number of aliphatic hydroxyl groups is 1. The van der Waals surface area contributed by atoms with Gasteiger partial charge in [-0.05, 0) is 18.1 Å². The zero-order valence-corrected chi connectivity index (χ0v) is 14.3. The molecular formula is C19H26ClNO2. The first-order valence-corrected chi connectivity index (χ1v) is 7.91. The molecule has 4 heteroatoms. The molecule has 0 unspecified atom stereocenters. The van der Waals surface area contributed by atoms with E-state index in [9.17, 15) is 5.11 Å². The van der Waals surface area contributed by atoms with E-state index in [-0.39, 0.29) is 12.4 Å². The van der Waals surface area contributed by atoms with Crippen LogP contribution < -0.4 is 10.5 Å². The van der Waals surface area contributed by atoms with Crippen molar-refractivity contribution in [3.8, 4) is 5.75 Å². The van der Waals surface area contributed by atoms with Crippen LogP contribution in [0.15, 0.2) is 54.6 Å². The lowest BCUT2D eigenvalue weighted by molar-refractivity contribution is 0.130. The Hall–Kier alpha value is -1.55. The third kappa shape index (κ3) is 5.87. The van der Waals surface area contributed by atoms with Crippen molar-refractivity contribution in [2.24, 2.45) is 5.73 Å². The summed E-state index contributed by atoms with van der Waals surface area (Å²) in [6.07, 6.45) is 2.20. The molecule has 3 N–H and O–H groups in total. The van der Waals surface area contributed by atoms with Gasteiger partial charge >= 0.3 is 0 Å². The monoisotopic (exact) mass is 335 g/mol. The van der Waals surface area contributed by atoms with E-state index in [1.807, 2.05) is 54.6 Å². The predicted octanol–water partition coefficient (Wildman–Crippen LogP) is 4.24. The highest BCUT2D eigenvalue weighted by atomic mass is 35.5. The van der Waals surface area contributed by atoms with Crippen LogP contribution in [0, 0.1) is 0 Å². The summed E-state index contributed by atoms with van der Waals surface area (Å²) < 4.78 is 5.91. The molecule has 0 saturated heterocycles. The van der Waals surface area contributed by atoms with Gasteiger partial charge in [-0.2, -0.15) is 0 Å². The molecule has 0 heterocycles. The molecule has 0 amide bonds. The highest BCUT2D eigenvalue weighted by Gasteiger charge is 2.19. The molecule has 126 valence electrons. The van der Waals surface area contributed by atoms with Gasteiger partial charge in [0, 0.05) is 5.56 Å². The first-order chi connectivity index (χ1) is 10.7. The lowest BCUT2D eigenvalue weighted by Crippen LogP contribution is -2.26. The van der Waals surface area contributed by atoms with Gasteiger partial charge in [-0.15, -0.1) is 12.4 Å². The van der Waals surface area contributed by atoms with Crippen molar-refractivity contribution in [3.05, 3.63) is 65.7 Å². The lowest BCUT2D eigenvalue weighted by Gasteiger charge is -2.21. The van der Waals surface area contributed by atoms with E-state index in [1.165, 1.54) is 0 Å². The summed E-state index contributed by atoms with van der Waals surface area (Å²) in [6.45, 7) is 2.60. The van der Waals surface area contributed by atoms with Crippen molar-refractivity contribution in [3.63, 3.8) is 0 Å². The second-order valence-electron chi connectivity index (χ2n) is 5.55. The molecule has 2 aromatic rings. The number of nitrogens with two attached hydrogens (primary N) is 1. The Morgan fingerprint density at radius 3 is 2.39 bits per heavy atom. The number of para-hydroxylation sites is 1. The number of rotatable bonds is 8. The van der Waals surface area contributed by atoms with Gasteiger partial charge in [0.15, 0.2) is 0 Å². The van der Waals surface area contributed by atoms with Gasteiger partial charge in [0.2, 0.25) is 0 Å². The summed E-state index contributed by atoms with van der Waals surface area (Å²) in [7, 11) is 0. The number of benzene rings is 2. The summed E-state index contributed by atoms with van der Waals surface area (Å²) in [5.41, 5.74) is 8.19. The van der Waals surface area contributed by atoms with E-state index in [2.05, 4.69) is 6.92 Å². The molecule has 23 heavy (non-hydrogen) atoms. The molecule has 0 aliphatic heterocycles. The summed E-state index contributed by atoms with van der Waals surface area (Å²) in [6, 6.07) is 17.3. The van der Waals surface area contributed by atoms with Gasteiger partial charge in [0.25, 0.3) is 0 Å². The summed E-state index contributed by atoms with van der Waals surface area (Å²) in [5, 5.41) is 10.2. The SMILES string of the molecule is CCCC[C@@H](O)[C@@H](N)c1ccccc1OCc1ccccc1.Cl. The van der Waals surface area contributed by atoms with E-state index in [1.54, 1.807) is 0 Å². The minimum absolute atomic E-state index is 0. The van der Waals surface area contributed by atoms with Crippen LogP contribution in [0.25, 0.3) is 0 Å². The van der Waals surface area contributed by atoms with Gasteiger partial charge in [-0.3, -0.25) is 0 Å². The lowest BCUT2D eigenvalue weighted by atomic mass is 9.97. The maximum atomic E-state index is 10.2. The van der Waals surface area contributed by atoms with Crippen LogP contribution in [0.5, 0.6) is 5.75 Å². The van der Waals surface area contributed by atoms with Crippen LogP contribution >= 0.6 is 12.4 Å². The molecule has 0 aliphatic carbocycles. The minimum atomic E-state index is -0.540. The first kappa shape index (κ1) is 19.5. The third-order valence-corrected chi connectivity index (χ3v) is 3.78. The molecule has 0 radical (unpaired) electrons. The fourth-order valence-corrected chi connectivity index (χ4v) is 2.42. The Bertz CT molecular complexity index is 562. The van der Waals surface area contributed by atoms with Crippen LogP contribution in [-0.2, 0) is 6.61 Å². The van der Waals surface area contributed by atoms with Crippen molar-refractivity contribution in [1.29, 1.82) is 0 Å². The normalized spacial score (nSPS) is 13.0. The second kappa shape index (κ2) is 10.3. The maximum absolute atomic E-state index is 10.2. The molecule has 2 aromatic carbocycles. The largest absolute Gasteiger partial charge is 0.489 e. The molecule has 0 aromatic heterocycles. The smallest absolute Gasteiger partial charge is 0.124 e. The van der Waals surface area contributed by atoms with E-state index >= 15 is 0 Å². The Balaban J connectivity index is 0.00000264. The standard InChI is InChI=1S/C19H25NO2.ClH/c1-2-3-12-17(21)19(20)16-11-7-8-13-18(16)22-14-15-9-5-4-6-10-15;/h4-11,13,17,19,21H,2-3,12,14,20H2,1H3;1H/t17-,19+;/m1./s1. The number of unbranched alkanes of at least 4 members (excludes halogenated alkanes) is 1. The fourth-order valence-electron chi connectivity index (χ4n) is 2.42. The Morgan fingerprint density at radius 2 is 1.70 bits per heavy atom. The van der Waals surface area contributed by atoms with Crippen molar-refractivity contribution in [2.75, 3.05) is 0 Å². The minimum Gasteiger partial charge on any atom is -0.489 e. The van der Waals surface area contributed by atoms with Crippen LogP contribution in [0.3, 0.4) is 0 Å². The average molecular weight is 336 g/mol. The molecule has 0 fully saturated rings. The van der Waals surface area contributed by atoms with E-state index < -0.39 is 12.1 Å². The van der Waals surface area contributed by atoms with Gasteiger partial charge in [0.1, 0.15) is 12.4 Å². The fraction of sp³-hybridized carbons (Fsp3) is 0.368. The maximum Gasteiger partial charge on any atom is 0.124 e. The Morgan fingerprint density at radius 1 is 1.04 bits per heavy atom. The molecule has 2 rings (SSSR count). The van der Waals surface area contributed by atoms with E-state index in [0.717, 1.165) is 29.7 Å². The van der Waals surface area contributed by atoms with Gasteiger partial charge in [0.05, 0.1) is 12.1 Å². The number of ether oxygens (including phenoxy) is 1. The van der Waals surface area contributed by atoms with Crippen LogP contribution in [0.2, 0.25) is 0 Å². The molecule has 0 aliphatic rings.